The Morgan fingerprint density at radius 1 is 0.941 bits per heavy atom. The lowest BCUT2D eigenvalue weighted by molar-refractivity contribution is 0.433. The van der Waals surface area contributed by atoms with Crippen LogP contribution in [-0.4, -0.2) is 0 Å². The van der Waals surface area contributed by atoms with E-state index in [0.717, 1.165) is 12.1 Å². The molecule has 2 aromatic rings. The molecule has 1 nitrogen and oxygen atoms in total. The summed E-state index contributed by atoms with van der Waals surface area (Å²) < 4.78 is 44.4. The zero-order valence-corrected chi connectivity index (χ0v) is 9.01. The highest BCUT2D eigenvalue weighted by molar-refractivity contribution is 5.35. The van der Waals surface area contributed by atoms with Crippen LogP contribution in [0.3, 0.4) is 0 Å². The fourth-order valence-corrected chi connectivity index (χ4v) is 1.37. The van der Waals surface area contributed by atoms with Crippen LogP contribution in [0.25, 0.3) is 0 Å². The zero-order valence-electron chi connectivity index (χ0n) is 9.01. The Morgan fingerprint density at radius 3 is 2.41 bits per heavy atom. The molecule has 0 aromatic heterocycles. The summed E-state index contributed by atoms with van der Waals surface area (Å²) in [7, 11) is 0. The van der Waals surface area contributed by atoms with E-state index in [9.17, 15) is 13.2 Å². The normalized spacial score (nSPS) is 10.4. The molecule has 0 unspecified atom stereocenters. The molecular formula is C13H9F3O. The van der Waals surface area contributed by atoms with Gasteiger partial charge in [0.1, 0.15) is 17.4 Å². The third-order valence-electron chi connectivity index (χ3n) is 2.24. The van der Waals surface area contributed by atoms with Gasteiger partial charge in [0.15, 0.2) is 11.6 Å². The van der Waals surface area contributed by atoms with Crippen molar-refractivity contribution < 1.29 is 17.9 Å². The number of ether oxygens (including phenoxy) is 1. The summed E-state index contributed by atoms with van der Waals surface area (Å²) in [6, 6.07) is 7.27. The van der Waals surface area contributed by atoms with Crippen molar-refractivity contribution >= 4 is 0 Å². The van der Waals surface area contributed by atoms with Crippen LogP contribution in [0, 0.1) is 24.4 Å². The molecule has 0 heterocycles. The first-order chi connectivity index (χ1) is 8.06. The van der Waals surface area contributed by atoms with Gasteiger partial charge < -0.3 is 4.74 Å². The Kier molecular flexibility index (Phi) is 3.04. The molecule has 0 fully saturated rings. The van der Waals surface area contributed by atoms with Crippen LogP contribution in [0.2, 0.25) is 0 Å². The topological polar surface area (TPSA) is 9.23 Å². The van der Waals surface area contributed by atoms with Gasteiger partial charge in [-0.05, 0) is 30.7 Å². The number of hydrogen-bond acceptors (Lipinski definition) is 1. The van der Waals surface area contributed by atoms with E-state index >= 15 is 0 Å². The molecule has 4 heteroatoms. The summed E-state index contributed by atoms with van der Waals surface area (Å²) >= 11 is 0. The van der Waals surface area contributed by atoms with Crippen molar-refractivity contribution in [2.24, 2.45) is 0 Å². The summed E-state index contributed by atoms with van der Waals surface area (Å²) in [5.74, 6) is -1.92. The third-order valence-corrected chi connectivity index (χ3v) is 2.24. The van der Waals surface area contributed by atoms with Crippen LogP contribution in [0.15, 0.2) is 36.4 Å². The molecule has 0 amide bonds. The third kappa shape index (κ3) is 2.58. The van der Waals surface area contributed by atoms with E-state index in [1.165, 1.54) is 31.2 Å². The number of aryl methyl sites for hydroxylation is 1. The zero-order chi connectivity index (χ0) is 12.4. The minimum atomic E-state index is -0.822. The van der Waals surface area contributed by atoms with Crippen molar-refractivity contribution in [3.63, 3.8) is 0 Å². The molecule has 0 saturated heterocycles. The number of benzene rings is 2. The molecule has 0 radical (unpaired) electrons. The highest BCUT2D eigenvalue weighted by Gasteiger charge is 2.09. The molecular weight excluding hydrogens is 229 g/mol. The number of hydrogen-bond donors (Lipinski definition) is 0. The largest absolute Gasteiger partial charge is 0.454 e. The first-order valence-electron chi connectivity index (χ1n) is 4.95. The van der Waals surface area contributed by atoms with Crippen molar-refractivity contribution in [1.82, 2.24) is 0 Å². The van der Waals surface area contributed by atoms with Crippen molar-refractivity contribution in [2.75, 3.05) is 0 Å². The molecule has 0 aliphatic carbocycles. The summed E-state index contributed by atoms with van der Waals surface area (Å²) in [6.07, 6.45) is 0. The quantitative estimate of drug-likeness (QED) is 0.761. The van der Waals surface area contributed by atoms with E-state index in [-0.39, 0.29) is 17.1 Å². The van der Waals surface area contributed by atoms with Gasteiger partial charge in [-0.1, -0.05) is 6.07 Å². The van der Waals surface area contributed by atoms with Crippen molar-refractivity contribution in [2.45, 2.75) is 6.92 Å². The Morgan fingerprint density at radius 2 is 1.71 bits per heavy atom. The van der Waals surface area contributed by atoms with E-state index in [4.69, 9.17) is 4.74 Å². The molecule has 2 aromatic carbocycles. The molecule has 17 heavy (non-hydrogen) atoms. The van der Waals surface area contributed by atoms with Crippen LogP contribution in [0.5, 0.6) is 11.5 Å². The molecule has 0 atom stereocenters. The van der Waals surface area contributed by atoms with Crippen LogP contribution in [-0.2, 0) is 0 Å². The summed E-state index contributed by atoms with van der Waals surface area (Å²) in [6.45, 7) is 1.49. The fourth-order valence-electron chi connectivity index (χ4n) is 1.37. The predicted octanol–water partition coefficient (Wildman–Crippen LogP) is 4.20. The van der Waals surface area contributed by atoms with Gasteiger partial charge in [0.05, 0.1) is 0 Å². The average Bonchev–Trinajstić information content (AvgIpc) is 2.26. The van der Waals surface area contributed by atoms with Gasteiger partial charge in [-0.3, -0.25) is 0 Å². The van der Waals surface area contributed by atoms with Crippen molar-refractivity contribution in [3.05, 3.63) is 59.4 Å². The van der Waals surface area contributed by atoms with E-state index < -0.39 is 17.5 Å². The Balaban J connectivity index is 2.33. The second kappa shape index (κ2) is 4.49. The molecule has 0 N–H and O–H groups in total. The van der Waals surface area contributed by atoms with Crippen LogP contribution < -0.4 is 4.74 Å². The SMILES string of the molecule is Cc1cc(Oc2cccc(F)c2)c(F)cc1F. The lowest BCUT2D eigenvalue weighted by Gasteiger charge is -2.08. The summed E-state index contributed by atoms with van der Waals surface area (Å²) in [5, 5.41) is 0. The fraction of sp³-hybridized carbons (Fsp3) is 0.0769. The standard InChI is InChI=1S/C13H9F3O/c1-8-5-13(12(16)7-11(8)15)17-10-4-2-3-9(14)6-10/h2-7H,1H3. The summed E-state index contributed by atoms with van der Waals surface area (Å²) in [5.41, 5.74) is 0.262. The van der Waals surface area contributed by atoms with Crippen LogP contribution in [0.1, 0.15) is 5.56 Å². The van der Waals surface area contributed by atoms with E-state index in [1.54, 1.807) is 0 Å². The van der Waals surface area contributed by atoms with Crippen LogP contribution >= 0.6 is 0 Å². The summed E-state index contributed by atoms with van der Waals surface area (Å²) in [4.78, 5) is 0. The average molecular weight is 238 g/mol. The van der Waals surface area contributed by atoms with E-state index in [2.05, 4.69) is 0 Å². The minimum Gasteiger partial charge on any atom is -0.454 e. The monoisotopic (exact) mass is 238 g/mol. The first-order valence-corrected chi connectivity index (χ1v) is 4.95. The molecule has 0 saturated carbocycles. The number of rotatable bonds is 2. The van der Waals surface area contributed by atoms with E-state index in [1.807, 2.05) is 0 Å². The molecule has 0 aliphatic heterocycles. The van der Waals surface area contributed by atoms with Gasteiger partial charge in [0.2, 0.25) is 0 Å². The smallest absolute Gasteiger partial charge is 0.168 e. The van der Waals surface area contributed by atoms with Gasteiger partial charge in [-0.2, -0.15) is 0 Å². The second-order valence-electron chi connectivity index (χ2n) is 3.59. The molecule has 0 spiro atoms. The molecule has 0 bridgehead atoms. The maximum absolute atomic E-state index is 13.4. The number of halogens is 3. The molecule has 0 aliphatic rings. The van der Waals surface area contributed by atoms with Crippen LogP contribution in [0.4, 0.5) is 13.2 Å². The van der Waals surface area contributed by atoms with Gasteiger partial charge in [-0.15, -0.1) is 0 Å². The van der Waals surface area contributed by atoms with Gasteiger partial charge in [0, 0.05) is 12.1 Å². The minimum absolute atomic E-state index is 0.130. The molecule has 88 valence electrons. The first kappa shape index (κ1) is 11.5. The second-order valence-corrected chi connectivity index (χ2v) is 3.59. The van der Waals surface area contributed by atoms with Crippen molar-refractivity contribution in [3.8, 4) is 11.5 Å². The maximum atomic E-state index is 13.4. The van der Waals surface area contributed by atoms with Gasteiger partial charge >= 0.3 is 0 Å². The highest BCUT2D eigenvalue weighted by atomic mass is 19.1. The Labute approximate surface area is 96.5 Å². The van der Waals surface area contributed by atoms with E-state index in [0.29, 0.717) is 0 Å². The lowest BCUT2D eigenvalue weighted by Crippen LogP contribution is -1.92. The molecule has 2 rings (SSSR count). The predicted molar refractivity (Wildman–Crippen MR) is 57.6 cm³/mol. The lowest BCUT2D eigenvalue weighted by atomic mass is 10.2. The Bertz CT molecular complexity index is 552. The maximum Gasteiger partial charge on any atom is 0.168 e. The van der Waals surface area contributed by atoms with Gasteiger partial charge in [0.25, 0.3) is 0 Å². The van der Waals surface area contributed by atoms with Gasteiger partial charge in [-0.25, -0.2) is 13.2 Å². The highest BCUT2D eigenvalue weighted by Crippen LogP contribution is 2.27. The Hall–Kier alpha value is -1.97. The van der Waals surface area contributed by atoms with Crippen molar-refractivity contribution in [1.29, 1.82) is 0 Å².